The Hall–Kier alpha value is -2.30. The fourth-order valence-electron chi connectivity index (χ4n) is 1.92. The molecule has 1 N–H and O–H groups in total. The van der Waals surface area contributed by atoms with Crippen LogP contribution in [0.2, 0.25) is 0 Å². The molecular formula is C13H14N2O3. The number of likely N-dealkylation sites (N-methyl/N-ethyl adjacent to an activating group) is 1. The number of rotatable bonds is 4. The van der Waals surface area contributed by atoms with Crippen LogP contribution in [0.1, 0.15) is 0 Å². The van der Waals surface area contributed by atoms with Crippen molar-refractivity contribution in [3.05, 3.63) is 30.5 Å². The van der Waals surface area contributed by atoms with Crippen LogP contribution in [-0.2, 0) is 4.79 Å². The minimum Gasteiger partial charge on any atom is -0.496 e. The molecule has 0 atom stereocenters. The molecule has 0 bridgehead atoms. The molecular weight excluding hydrogens is 232 g/mol. The number of fused-ring (bicyclic) bond motifs is 1. The predicted molar refractivity (Wildman–Crippen MR) is 69.2 cm³/mol. The molecule has 0 fully saturated rings. The summed E-state index contributed by atoms with van der Waals surface area (Å²) in [6.45, 7) is -0.107. The molecule has 5 nitrogen and oxygen atoms in total. The Bertz CT molecular complexity index is 578. The first-order valence-electron chi connectivity index (χ1n) is 5.48. The van der Waals surface area contributed by atoms with Gasteiger partial charge in [0.1, 0.15) is 18.1 Å². The van der Waals surface area contributed by atoms with Gasteiger partial charge < -0.3 is 14.7 Å². The standard InChI is InChI=1S/C13H14N2O3/c1-15(8-11(16)17)13-12-9(6-7-14-13)4-3-5-10(12)18-2/h3-7H,8H2,1-2H3,(H,16,17). The van der Waals surface area contributed by atoms with Gasteiger partial charge >= 0.3 is 5.97 Å². The summed E-state index contributed by atoms with van der Waals surface area (Å²) in [5.74, 6) is 0.395. The van der Waals surface area contributed by atoms with E-state index in [9.17, 15) is 4.79 Å². The van der Waals surface area contributed by atoms with Crippen molar-refractivity contribution >= 4 is 22.6 Å². The van der Waals surface area contributed by atoms with E-state index < -0.39 is 5.97 Å². The van der Waals surface area contributed by atoms with Crippen LogP contribution < -0.4 is 9.64 Å². The van der Waals surface area contributed by atoms with Crippen LogP contribution in [0.15, 0.2) is 30.5 Å². The van der Waals surface area contributed by atoms with Crippen LogP contribution in [-0.4, -0.2) is 36.8 Å². The maximum atomic E-state index is 10.8. The molecule has 94 valence electrons. The monoisotopic (exact) mass is 246 g/mol. The predicted octanol–water partition coefficient (Wildman–Crippen LogP) is 1.76. The zero-order valence-corrected chi connectivity index (χ0v) is 10.3. The van der Waals surface area contributed by atoms with Crippen molar-refractivity contribution in [2.75, 3.05) is 25.6 Å². The molecule has 0 aliphatic heterocycles. The Morgan fingerprint density at radius 1 is 1.44 bits per heavy atom. The number of ether oxygens (including phenoxy) is 1. The molecule has 0 saturated heterocycles. The van der Waals surface area contributed by atoms with E-state index >= 15 is 0 Å². The van der Waals surface area contributed by atoms with Crippen molar-refractivity contribution in [2.45, 2.75) is 0 Å². The lowest BCUT2D eigenvalue weighted by atomic mass is 10.1. The first-order valence-corrected chi connectivity index (χ1v) is 5.48. The lowest BCUT2D eigenvalue weighted by Crippen LogP contribution is -2.26. The third-order valence-electron chi connectivity index (χ3n) is 2.69. The van der Waals surface area contributed by atoms with Crippen molar-refractivity contribution in [3.63, 3.8) is 0 Å². The van der Waals surface area contributed by atoms with Gasteiger partial charge in [-0.05, 0) is 17.5 Å². The van der Waals surface area contributed by atoms with Gasteiger partial charge in [0.15, 0.2) is 0 Å². The number of methoxy groups -OCH3 is 1. The second-order valence-corrected chi connectivity index (χ2v) is 3.94. The van der Waals surface area contributed by atoms with Crippen LogP contribution in [0.3, 0.4) is 0 Å². The number of anilines is 1. The highest BCUT2D eigenvalue weighted by Crippen LogP contribution is 2.32. The largest absolute Gasteiger partial charge is 0.496 e. The Kier molecular flexibility index (Phi) is 3.32. The van der Waals surface area contributed by atoms with E-state index in [0.717, 1.165) is 10.8 Å². The molecule has 18 heavy (non-hydrogen) atoms. The summed E-state index contributed by atoms with van der Waals surface area (Å²) in [6, 6.07) is 7.54. The Labute approximate surface area is 105 Å². The molecule has 5 heteroatoms. The number of pyridine rings is 1. The zero-order valence-electron chi connectivity index (χ0n) is 10.3. The second-order valence-electron chi connectivity index (χ2n) is 3.94. The van der Waals surface area contributed by atoms with Crippen LogP contribution >= 0.6 is 0 Å². The van der Waals surface area contributed by atoms with Crippen molar-refractivity contribution in [2.24, 2.45) is 0 Å². The number of carboxylic acids is 1. The fraction of sp³-hybridized carbons (Fsp3) is 0.231. The van der Waals surface area contributed by atoms with Gasteiger partial charge in [-0.2, -0.15) is 0 Å². The van der Waals surface area contributed by atoms with Gasteiger partial charge in [0.25, 0.3) is 0 Å². The van der Waals surface area contributed by atoms with Gasteiger partial charge in [0.05, 0.1) is 12.5 Å². The quantitative estimate of drug-likeness (QED) is 0.890. The summed E-state index contributed by atoms with van der Waals surface area (Å²) in [5, 5.41) is 10.6. The number of carboxylic acid groups (broad SMARTS) is 1. The summed E-state index contributed by atoms with van der Waals surface area (Å²) >= 11 is 0. The Balaban J connectivity index is 2.59. The number of nitrogens with zero attached hydrogens (tertiary/aromatic N) is 2. The zero-order chi connectivity index (χ0) is 13.1. The molecule has 1 heterocycles. The van der Waals surface area contributed by atoms with E-state index in [1.54, 1.807) is 25.3 Å². The van der Waals surface area contributed by atoms with Crippen LogP contribution in [0.5, 0.6) is 5.75 Å². The summed E-state index contributed by atoms with van der Waals surface area (Å²) in [6.07, 6.45) is 1.66. The number of aliphatic carboxylic acids is 1. The lowest BCUT2D eigenvalue weighted by molar-refractivity contribution is -0.135. The molecule has 0 radical (unpaired) electrons. The number of carbonyl (C=O) groups is 1. The van der Waals surface area contributed by atoms with Gasteiger partial charge in [-0.1, -0.05) is 12.1 Å². The van der Waals surface area contributed by atoms with E-state index in [2.05, 4.69) is 4.98 Å². The SMILES string of the molecule is COc1cccc2ccnc(N(C)CC(=O)O)c12. The minimum atomic E-state index is -0.897. The Morgan fingerprint density at radius 2 is 2.22 bits per heavy atom. The fourth-order valence-corrected chi connectivity index (χ4v) is 1.92. The van der Waals surface area contributed by atoms with E-state index in [-0.39, 0.29) is 6.54 Å². The third-order valence-corrected chi connectivity index (χ3v) is 2.69. The summed E-state index contributed by atoms with van der Waals surface area (Å²) in [7, 11) is 3.28. The molecule has 0 unspecified atom stereocenters. The molecule has 0 saturated carbocycles. The van der Waals surface area contributed by atoms with E-state index in [0.29, 0.717) is 11.6 Å². The Morgan fingerprint density at radius 3 is 2.89 bits per heavy atom. The van der Waals surface area contributed by atoms with Gasteiger partial charge in [-0.15, -0.1) is 0 Å². The average molecular weight is 246 g/mol. The van der Waals surface area contributed by atoms with Crippen LogP contribution in [0.25, 0.3) is 10.8 Å². The summed E-state index contributed by atoms with van der Waals surface area (Å²) < 4.78 is 5.31. The molecule has 2 rings (SSSR count). The maximum absolute atomic E-state index is 10.8. The van der Waals surface area contributed by atoms with Gasteiger partial charge in [0.2, 0.25) is 0 Å². The number of aromatic nitrogens is 1. The topological polar surface area (TPSA) is 62.7 Å². The van der Waals surface area contributed by atoms with E-state index in [4.69, 9.17) is 9.84 Å². The van der Waals surface area contributed by atoms with Crippen molar-refractivity contribution < 1.29 is 14.6 Å². The van der Waals surface area contributed by atoms with Gasteiger partial charge in [0, 0.05) is 13.2 Å². The van der Waals surface area contributed by atoms with Gasteiger partial charge in [-0.3, -0.25) is 4.79 Å². The first kappa shape index (κ1) is 12.2. The second kappa shape index (κ2) is 4.91. The molecule has 0 aliphatic rings. The number of benzene rings is 1. The maximum Gasteiger partial charge on any atom is 0.323 e. The number of hydrogen-bond donors (Lipinski definition) is 1. The number of hydrogen-bond acceptors (Lipinski definition) is 4. The molecule has 1 aromatic heterocycles. The molecule has 1 aromatic carbocycles. The van der Waals surface area contributed by atoms with Crippen molar-refractivity contribution in [3.8, 4) is 5.75 Å². The molecule has 0 aliphatic carbocycles. The van der Waals surface area contributed by atoms with E-state index in [1.165, 1.54) is 0 Å². The average Bonchev–Trinajstić information content (AvgIpc) is 2.36. The lowest BCUT2D eigenvalue weighted by Gasteiger charge is -2.18. The summed E-state index contributed by atoms with van der Waals surface area (Å²) in [4.78, 5) is 16.6. The highest BCUT2D eigenvalue weighted by atomic mass is 16.5. The van der Waals surface area contributed by atoms with Crippen molar-refractivity contribution in [1.29, 1.82) is 0 Å². The minimum absolute atomic E-state index is 0.107. The highest BCUT2D eigenvalue weighted by molar-refractivity contribution is 5.97. The van der Waals surface area contributed by atoms with Crippen LogP contribution in [0, 0.1) is 0 Å². The van der Waals surface area contributed by atoms with E-state index in [1.807, 2.05) is 24.3 Å². The smallest absolute Gasteiger partial charge is 0.323 e. The summed E-state index contributed by atoms with van der Waals surface area (Å²) in [5.41, 5.74) is 0. The molecule has 2 aromatic rings. The third kappa shape index (κ3) is 2.20. The van der Waals surface area contributed by atoms with Gasteiger partial charge in [-0.25, -0.2) is 4.98 Å². The van der Waals surface area contributed by atoms with Crippen LogP contribution in [0.4, 0.5) is 5.82 Å². The normalized spacial score (nSPS) is 10.3. The highest BCUT2D eigenvalue weighted by Gasteiger charge is 2.13. The first-order chi connectivity index (χ1) is 8.63. The van der Waals surface area contributed by atoms with Crippen molar-refractivity contribution in [1.82, 2.24) is 4.98 Å². The molecule has 0 amide bonds. The molecule has 0 spiro atoms.